The largest absolute Gasteiger partial charge is 0.314 e. The van der Waals surface area contributed by atoms with E-state index in [1.54, 1.807) is 12.1 Å². The molecule has 0 radical (unpaired) electrons. The van der Waals surface area contributed by atoms with Gasteiger partial charge in [0.2, 0.25) is 0 Å². The summed E-state index contributed by atoms with van der Waals surface area (Å²) in [6.45, 7) is 5.05. The molecule has 18 heavy (non-hydrogen) atoms. The van der Waals surface area contributed by atoms with Crippen LogP contribution in [0.25, 0.3) is 0 Å². The summed E-state index contributed by atoms with van der Waals surface area (Å²) in [4.78, 5) is 0. The Labute approximate surface area is 109 Å². The summed E-state index contributed by atoms with van der Waals surface area (Å²) >= 11 is 0. The van der Waals surface area contributed by atoms with Crippen LogP contribution >= 0.6 is 0 Å². The first kappa shape index (κ1) is 15.1. The van der Waals surface area contributed by atoms with E-state index in [0.29, 0.717) is 12.0 Å². The molecule has 0 fully saturated rings. The molecule has 0 spiro atoms. The Morgan fingerprint density at radius 3 is 2.61 bits per heavy atom. The van der Waals surface area contributed by atoms with E-state index in [1.165, 1.54) is 12.8 Å². The number of hydrogen-bond donors (Lipinski definition) is 1. The molecule has 0 amide bonds. The van der Waals surface area contributed by atoms with Crippen molar-refractivity contribution in [2.75, 3.05) is 6.54 Å². The lowest BCUT2D eigenvalue weighted by molar-refractivity contribution is 0.447. The van der Waals surface area contributed by atoms with Gasteiger partial charge in [-0.1, -0.05) is 45.2 Å². The highest BCUT2D eigenvalue weighted by atomic mass is 19.2. The minimum Gasteiger partial charge on any atom is -0.314 e. The monoisotopic (exact) mass is 255 g/mol. The number of likely N-dealkylation sites (N-methyl/N-ethyl adjacent to an activating group) is 1. The van der Waals surface area contributed by atoms with E-state index in [9.17, 15) is 8.78 Å². The standard InChI is InChI=1S/C15H23F2N/c1-3-5-6-9-13(18-4-2)11-12-8-7-10-14(16)15(12)17/h7-8,10,13,18H,3-6,9,11H2,1-2H3. The van der Waals surface area contributed by atoms with Crippen molar-refractivity contribution in [2.45, 2.75) is 52.0 Å². The first-order valence-electron chi connectivity index (χ1n) is 6.85. The van der Waals surface area contributed by atoms with Crippen LogP contribution in [0, 0.1) is 11.6 Å². The number of nitrogens with one attached hydrogen (secondary N) is 1. The van der Waals surface area contributed by atoms with Gasteiger partial charge >= 0.3 is 0 Å². The predicted molar refractivity (Wildman–Crippen MR) is 71.7 cm³/mol. The molecule has 1 aromatic carbocycles. The second-order valence-corrected chi connectivity index (χ2v) is 4.67. The normalized spacial score (nSPS) is 12.7. The van der Waals surface area contributed by atoms with Gasteiger partial charge in [0, 0.05) is 6.04 Å². The maximum Gasteiger partial charge on any atom is 0.162 e. The first-order valence-corrected chi connectivity index (χ1v) is 6.85. The quantitative estimate of drug-likeness (QED) is 0.691. The van der Waals surface area contributed by atoms with E-state index in [-0.39, 0.29) is 6.04 Å². The van der Waals surface area contributed by atoms with Gasteiger partial charge in [-0.05, 0) is 31.0 Å². The van der Waals surface area contributed by atoms with Crippen molar-refractivity contribution in [2.24, 2.45) is 0 Å². The third-order valence-electron chi connectivity index (χ3n) is 3.15. The molecule has 1 rings (SSSR count). The van der Waals surface area contributed by atoms with Gasteiger partial charge in [-0.25, -0.2) is 8.78 Å². The van der Waals surface area contributed by atoms with Crippen molar-refractivity contribution in [1.29, 1.82) is 0 Å². The van der Waals surface area contributed by atoms with E-state index in [0.717, 1.165) is 25.5 Å². The van der Waals surface area contributed by atoms with E-state index in [1.807, 2.05) is 6.92 Å². The van der Waals surface area contributed by atoms with Crippen molar-refractivity contribution in [3.63, 3.8) is 0 Å². The lowest BCUT2D eigenvalue weighted by Crippen LogP contribution is -2.31. The molecular weight excluding hydrogens is 232 g/mol. The Morgan fingerprint density at radius 2 is 1.94 bits per heavy atom. The van der Waals surface area contributed by atoms with Crippen LogP contribution in [0.5, 0.6) is 0 Å². The van der Waals surface area contributed by atoms with Crippen LogP contribution in [0.3, 0.4) is 0 Å². The molecule has 0 saturated carbocycles. The maximum absolute atomic E-state index is 13.6. The van der Waals surface area contributed by atoms with Gasteiger partial charge in [0.05, 0.1) is 0 Å². The summed E-state index contributed by atoms with van der Waals surface area (Å²) in [5, 5.41) is 3.35. The number of rotatable bonds is 8. The Hall–Kier alpha value is -0.960. The number of unbranched alkanes of at least 4 members (excludes halogenated alkanes) is 2. The van der Waals surface area contributed by atoms with Gasteiger partial charge < -0.3 is 5.32 Å². The van der Waals surface area contributed by atoms with Crippen LogP contribution in [0.4, 0.5) is 8.78 Å². The van der Waals surface area contributed by atoms with E-state index < -0.39 is 11.6 Å². The number of hydrogen-bond acceptors (Lipinski definition) is 1. The van der Waals surface area contributed by atoms with E-state index in [2.05, 4.69) is 12.2 Å². The fourth-order valence-corrected chi connectivity index (χ4v) is 2.18. The molecule has 0 bridgehead atoms. The van der Waals surface area contributed by atoms with Gasteiger partial charge in [0.1, 0.15) is 0 Å². The zero-order valence-electron chi connectivity index (χ0n) is 11.3. The third-order valence-corrected chi connectivity index (χ3v) is 3.15. The molecule has 0 aliphatic rings. The van der Waals surface area contributed by atoms with E-state index in [4.69, 9.17) is 0 Å². The molecule has 1 unspecified atom stereocenters. The summed E-state index contributed by atoms with van der Waals surface area (Å²) in [6, 6.07) is 4.64. The molecule has 0 aromatic heterocycles. The van der Waals surface area contributed by atoms with E-state index >= 15 is 0 Å². The van der Waals surface area contributed by atoms with Crippen LogP contribution in [-0.2, 0) is 6.42 Å². The van der Waals surface area contributed by atoms with Gasteiger partial charge in [-0.3, -0.25) is 0 Å². The number of halogens is 2. The zero-order chi connectivity index (χ0) is 13.4. The summed E-state index contributed by atoms with van der Waals surface area (Å²) in [7, 11) is 0. The van der Waals surface area contributed by atoms with Gasteiger partial charge in [-0.2, -0.15) is 0 Å². The Bertz CT molecular complexity index is 352. The summed E-state index contributed by atoms with van der Waals surface area (Å²) in [5.41, 5.74) is 0.470. The van der Waals surface area contributed by atoms with Crippen LogP contribution in [0.15, 0.2) is 18.2 Å². The van der Waals surface area contributed by atoms with Gasteiger partial charge in [-0.15, -0.1) is 0 Å². The third kappa shape index (κ3) is 4.73. The van der Waals surface area contributed by atoms with Crippen molar-refractivity contribution in [1.82, 2.24) is 5.32 Å². The molecule has 3 heteroatoms. The molecular formula is C15H23F2N. The molecule has 102 valence electrons. The average molecular weight is 255 g/mol. The first-order chi connectivity index (χ1) is 8.69. The van der Waals surface area contributed by atoms with Gasteiger partial charge in [0.25, 0.3) is 0 Å². The molecule has 1 N–H and O–H groups in total. The summed E-state index contributed by atoms with van der Waals surface area (Å²) in [5.74, 6) is -1.45. The lowest BCUT2D eigenvalue weighted by Gasteiger charge is -2.18. The second-order valence-electron chi connectivity index (χ2n) is 4.67. The predicted octanol–water partition coefficient (Wildman–Crippen LogP) is 4.07. The lowest BCUT2D eigenvalue weighted by atomic mass is 10.00. The Balaban J connectivity index is 2.61. The number of benzene rings is 1. The minimum absolute atomic E-state index is 0.234. The highest BCUT2D eigenvalue weighted by Gasteiger charge is 2.13. The highest BCUT2D eigenvalue weighted by Crippen LogP contribution is 2.15. The molecule has 0 saturated heterocycles. The Kier molecular flexibility index (Phi) is 6.88. The van der Waals surface area contributed by atoms with Crippen molar-refractivity contribution < 1.29 is 8.78 Å². The second kappa shape index (κ2) is 8.20. The zero-order valence-corrected chi connectivity index (χ0v) is 11.3. The fourth-order valence-electron chi connectivity index (χ4n) is 2.18. The summed E-state index contributed by atoms with van der Waals surface area (Å²) in [6.07, 6.45) is 5.06. The maximum atomic E-state index is 13.6. The molecule has 0 heterocycles. The minimum atomic E-state index is -0.753. The molecule has 0 aliphatic carbocycles. The van der Waals surface area contributed by atoms with Crippen molar-refractivity contribution >= 4 is 0 Å². The van der Waals surface area contributed by atoms with Crippen LogP contribution in [0.1, 0.15) is 45.1 Å². The topological polar surface area (TPSA) is 12.0 Å². The average Bonchev–Trinajstić information content (AvgIpc) is 2.35. The molecule has 1 nitrogen and oxygen atoms in total. The molecule has 1 atom stereocenters. The van der Waals surface area contributed by atoms with Crippen LogP contribution in [0.2, 0.25) is 0 Å². The molecule has 0 aliphatic heterocycles. The molecule has 1 aromatic rings. The fraction of sp³-hybridized carbons (Fsp3) is 0.600. The van der Waals surface area contributed by atoms with Crippen LogP contribution < -0.4 is 5.32 Å². The van der Waals surface area contributed by atoms with Crippen molar-refractivity contribution in [3.8, 4) is 0 Å². The highest BCUT2D eigenvalue weighted by molar-refractivity contribution is 5.20. The Morgan fingerprint density at radius 1 is 1.17 bits per heavy atom. The van der Waals surface area contributed by atoms with Gasteiger partial charge in [0.15, 0.2) is 11.6 Å². The smallest absolute Gasteiger partial charge is 0.162 e. The SMILES string of the molecule is CCCCCC(Cc1cccc(F)c1F)NCC. The van der Waals surface area contributed by atoms with Crippen LogP contribution in [-0.4, -0.2) is 12.6 Å². The van der Waals surface area contributed by atoms with Crippen molar-refractivity contribution in [3.05, 3.63) is 35.4 Å². The summed E-state index contributed by atoms with van der Waals surface area (Å²) < 4.78 is 26.7.